The zero-order chi connectivity index (χ0) is 16.2. The minimum absolute atomic E-state index is 0.107. The van der Waals surface area contributed by atoms with Crippen LogP contribution in [0.1, 0.15) is 27.2 Å². The standard InChI is InChI=1S/C12H18N4O4S/c1-8(2)6-9(3)14-15-11-5-4-10(21(13,19)20)7-12(11)16(17)18/h4-5,7-8,15H,6H2,1-3H3,(H2,13,19,20)/b14-9-. The number of nitrogens with one attached hydrogen (secondary N) is 1. The van der Waals surface area contributed by atoms with Crippen LogP contribution in [0.15, 0.2) is 28.2 Å². The number of hydrogen-bond donors (Lipinski definition) is 2. The average molecular weight is 314 g/mol. The van der Waals surface area contributed by atoms with Crippen LogP contribution in [0.3, 0.4) is 0 Å². The van der Waals surface area contributed by atoms with E-state index < -0.39 is 20.6 Å². The zero-order valence-corrected chi connectivity index (χ0v) is 12.8. The van der Waals surface area contributed by atoms with Gasteiger partial charge in [-0.1, -0.05) is 13.8 Å². The van der Waals surface area contributed by atoms with Crippen molar-refractivity contribution in [3.63, 3.8) is 0 Å². The molecular weight excluding hydrogens is 296 g/mol. The van der Waals surface area contributed by atoms with Gasteiger partial charge in [0, 0.05) is 11.8 Å². The highest BCUT2D eigenvalue weighted by atomic mass is 32.2. The molecule has 0 saturated heterocycles. The lowest BCUT2D eigenvalue weighted by Crippen LogP contribution is -2.12. The smallest absolute Gasteiger partial charge is 0.272 e. The van der Waals surface area contributed by atoms with Crippen molar-refractivity contribution in [1.29, 1.82) is 0 Å². The van der Waals surface area contributed by atoms with Crippen LogP contribution in [-0.2, 0) is 10.0 Å². The lowest BCUT2D eigenvalue weighted by molar-refractivity contribution is -0.384. The van der Waals surface area contributed by atoms with E-state index in [9.17, 15) is 18.5 Å². The SMILES string of the molecule is C/C(CC(C)C)=N/Nc1ccc(S(N)(=O)=O)cc1[N+](=O)[O-]. The molecule has 1 rings (SSSR count). The zero-order valence-electron chi connectivity index (χ0n) is 12.0. The largest absolute Gasteiger partial charge is 0.295 e. The van der Waals surface area contributed by atoms with Gasteiger partial charge in [-0.05, 0) is 31.4 Å². The maximum absolute atomic E-state index is 11.2. The van der Waals surface area contributed by atoms with Crippen LogP contribution in [0.25, 0.3) is 0 Å². The third-order valence-electron chi connectivity index (χ3n) is 2.57. The predicted octanol–water partition coefficient (Wildman–Crippen LogP) is 2.08. The molecule has 0 aliphatic rings. The maximum atomic E-state index is 11.2. The highest BCUT2D eigenvalue weighted by molar-refractivity contribution is 7.89. The molecular formula is C12H18N4O4S. The van der Waals surface area contributed by atoms with Gasteiger partial charge in [0.1, 0.15) is 5.69 Å². The Labute approximate surface area is 123 Å². The summed E-state index contributed by atoms with van der Waals surface area (Å²) in [6.07, 6.45) is 0.746. The Balaban J connectivity index is 3.11. The van der Waals surface area contributed by atoms with Gasteiger partial charge in [-0.2, -0.15) is 5.10 Å². The van der Waals surface area contributed by atoms with Crippen LogP contribution >= 0.6 is 0 Å². The number of benzene rings is 1. The van der Waals surface area contributed by atoms with Crippen molar-refractivity contribution in [2.45, 2.75) is 32.1 Å². The van der Waals surface area contributed by atoms with E-state index in [4.69, 9.17) is 5.14 Å². The van der Waals surface area contributed by atoms with Gasteiger partial charge >= 0.3 is 0 Å². The predicted molar refractivity (Wildman–Crippen MR) is 80.7 cm³/mol. The minimum atomic E-state index is -3.99. The van der Waals surface area contributed by atoms with Crippen molar-refractivity contribution in [2.24, 2.45) is 16.2 Å². The summed E-state index contributed by atoms with van der Waals surface area (Å²) in [5, 5.41) is 20.0. The minimum Gasteiger partial charge on any atom is -0.272 e. The summed E-state index contributed by atoms with van der Waals surface area (Å²) in [6.45, 7) is 5.86. The highest BCUT2D eigenvalue weighted by Crippen LogP contribution is 2.27. The second kappa shape index (κ2) is 6.64. The molecule has 0 heterocycles. The maximum Gasteiger partial charge on any atom is 0.295 e. The first-order chi connectivity index (χ1) is 9.61. The van der Waals surface area contributed by atoms with Crippen LogP contribution < -0.4 is 10.6 Å². The molecule has 0 unspecified atom stereocenters. The van der Waals surface area contributed by atoms with E-state index in [1.165, 1.54) is 12.1 Å². The van der Waals surface area contributed by atoms with E-state index >= 15 is 0 Å². The Kier molecular flexibility index (Phi) is 5.39. The number of nitrogens with two attached hydrogens (primary N) is 1. The van der Waals surface area contributed by atoms with E-state index in [0.29, 0.717) is 5.92 Å². The van der Waals surface area contributed by atoms with Gasteiger partial charge in [0.15, 0.2) is 0 Å². The van der Waals surface area contributed by atoms with E-state index in [-0.39, 0.29) is 10.6 Å². The quantitative estimate of drug-likeness (QED) is 0.472. The summed E-state index contributed by atoms with van der Waals surface area (Å²) in [5.41, 5.74) is 3.08. The van der Waals surface area contributed by atoms with Crippen LogP contribution in [0, 0.1) is 16.0 Å². The summed E-state index contributed by atoms with van der Waals surface area (Å²) in [5.74, 6) is 0.412. The van der Waals surface area contributed by atoms with Gasteiger partial charge in [0.05, 0.1) is 9.82 Å². The number of hydrogen-bond acceptors (Lipinski definition) is 6. The topological polar surface area (TPSA) is 128 Å². The molecule has 8 nitrogen and oxygen atoms in total. The van der Waals surface area contributed by atoms with Crippen molar-refractivity contribution in [1.82, 2.24) is 0 Å². The number of anilines is 1. The van der Waals surface area contributed by atoms with Crippen molar-refractivity contribution < 1.29 is 13.3 Å². The molecule has 0 atom stereocenters. The van der Waals surface area contributed by atoms with Crippen molar-refractivity contribution in [3.8, 4) is 0 Å². The van der Waals surface area contributed by atoms with Gasteiger partial charge in [-0.3, -0.25) is 15.5 Å². The fraction of sp³-hybridized carbons (Fsp3) is 0.417. The molecule has 0 bridgehead atoms. The molecule has 0 aromatic heterocycles. The average Bonchev–Trinajstić information content (AvgIpc) is 2.34. The normalized spacial score (nSPS) is 12.5. The van der Waals surface area contributed by atoms with E-state index in [2.05, 4.69) is 10.5 Å². The van der Waals surface area contributed by atoms with Crippen molar-refractivity contribution in [2.75, 3.05) is 5.43 Å². The summed E-state index contributed by atoms with van der Waals surface area (Å²) in [4.78, 5) is 10.00. The Morgan fingerprint density at radius 2 is 2.10 bits per heavy atom. The molecule has 0 fully saturated rings. The number of rotatable bonds is 6. The van der Waals surface area contributed by atoms with E-state index in [0.717, 1.165) is 18.2 Å². The second-order valence-corrected chi connectivity index (χ2v) is 6.60. The molecule has 116 valence electrons. The Morgan fingerprint density at radius 1 is 1.48 bits per heavy atom. The van der Waals surface area contributed by atoms with Gasteiger partial charge in [-0.15, -0.1) is 0 Å². The summed E-state index contributed by atoms with van der Waals surface area (Å²) in [6, 6.07) is 3.37. The fourth-order valence-electron chi connectivity index (χ4n) is 1.73. The first kappa shape index (κ1) is 17.1. The third-order valence-corrected chi connectivity index (χ3v) is 3.48. The number of nitro benzene ring substituents is 1. The van der Waals surface area contributed by atoms with Crippen LogP contribution in [0.4, 0.5) is 11.4 Å². The Hall–Kier alpha value is -2.00. The second-order valence-electron chi connectivity index (χ2n) is 5.04. The van der Waals surface area contributed by atoms with Gasteiger partial charge < -0.3 is 0 Å². The number of nitrogens with zero attached hydrogens (tertiary/aromatic N) is 2. The van der Waals surface area contributed by atoms with Crippen molar-refractivity contribution in [3.05, 3.63) is 28.3 Å². The lowest BCUT2D eigenvalue weighted by Gasteiger charge is -2.07. The molecule has 3 N–H and O–H groups in total. The third kappa shape index (κ3) is 5.12. The molecule has 0 amide bonds. The fourth-order valence-corrected chi connectivity index (χ4v) is 2.26. The first-order valence-electron chi connectivity index (χ1n) is 6.21. The van der Waals surface area contributed by atoms with Gasteiger partial charge in [-0.25, -0.2) is 13.6 Å². The molecule has 21 heavy (non-hydrogen) atoms. The lowest BCUT2D eigenvalue weighted by atomic mass is 10.1. The molecule has 0 spiro atoms. The molecule has 9 heteroatoms. The first-order valence-corrected chi connectivity index (χ1v) is 7.76. The number of hydrazone groups is 1. The monoisotopic (exact) mass is 314 g/mol. The number of primary sulfonamides is 1. The van der Waals surface area contributed by atoms with E-state index in [1.54, 1.807) is 6.92 Å². The summed E-state index contributed by atoms with van der Waals surface area (Å²) < 4.78 is 22.4. The molecule has 0 radical (unpaired) electrons. The van der Waals surface area contributed by atoms with Gasteiger partial charge in [0.2, 0.25) is 10.0 Å². The summed E-state index contributed by atoms with van der Waals surface area (Å²) >= 11 is 0. The number of nitro groups is 1. The van der Waals surface area contributed by atoms with E-state index in [1.807, 2.05) is 13.8 Å². The van der Waals surface area contributed by atoms with Gasteiger partial charge in [0.25, 0.3) is 5.69 Å². The molecule has 1 aromatic carbocycles. The van der Waals surface area contributed by atoms with Crippen LogP contribution in [0.2, 0.25) is 0 Å². The Bertz CT molecular complexity index is 668. The molecule has 1 aromatic rings. The molecule has 0 aliphatic heterocycles. The number of sulfonamides is 1. The molecule has 0 saturated carbocycles. The van der Waals surface area contributed by atoms with Crippen LogP contribution in [0.5, 0.6) is 0 Å². The Morgan fingerprint density at radius 3 is 2.57 bits per heavy atom. The highest BCUT2D eigenvalue weighted by Gasteiger charge is 2.18. The van der Waals surface area contributed by atoms with Crippen molar-refractivity contribution >= 4 is 27.1 Å². The molecule has 0 aliphatic carbocycles. The summed E-state index contributed by atoms with van der Waals surface area (Å²) in [7, 11) is -3.99. The van der Waals surface area contributed by atoms with Crippen LogP contribution in [-0.4, -0.2) is 19.1 Å².